The number of phenols is 1. The van der Waals surface area contributed by atoms with E-state index in [1.54, 1.807) is 0 Å². The van der Waals surface area contributed by atoms with Crippen LogP contribution in [0.5, 0.6) is 5.75 Å². The molecule has 2 heteroatoms. The van der Waals surface area contributed by atoms with E-state index in [0.717, 1.165) is 31.2 Å². The van der Waals surface area contributed by atoms with Gasteiger partial charge in [-0.1, -0.05) is 6.07 Å². The number of hydrogen-bond acceptors (Lipinski definition) is 2. The molecule has 0 aliphatic heterocycles. The number of aromatic hydroxyl groups is 1. The Balaban J connectivity index is 2.08. The monoisotopic (exact) mass is 217 g/mol. The van der Waals surface area contributed by atoms with Crippen molar-refractivity contribution in [3.63, 3.8) is 0 Å². The Morgan fingerprint density at radius 1 is 1.25 bits per heavy atom. The Morgan fingerprint density at radius 2 is 1.88 bits per heavy atom. The van der Waals surface area contributed by atoms with Gasteiger partial charge >= 0.3 is 0 Å². The van der Waals surface area contributed by atoms with Gasteiger partial charge in [-0.25, -0.2) is 0 Å². The molecule has 0 amide bonds. The fraction of sp³-hybridized carbons (Fsp3) is 0.571. The van der Waals surface area contributed by atoms with Crippen LogP contribution >= 0.6 is 0 Å². The predicted molar refractivity (Wildman–Crippen MR) is 64.7 cm³/mol. The lowest BCUT2D eigenvalue weighted by molar-refractivity contribution is 0.446. The Bertz CT molecular complexity index is 433. The Kier molecular flexibility index (Phi) is 2.05. The molecule has 2 nitrogen and oxygen atoms in total. The van der Waals surface area contributed by atoms with Crippen LogP contribution in [0, 0.1) is 0 Å². The summed E-state index contributed by atoms with van der Waals surface area (Å²) in [5.41, 5.74) is 10.0. The van der Waals surface area contributed by atoms with Gasteiger partial charge in [0.1, 0.15) is 5.75 Å². The fourth-order valence-corrected chi connectivity index (χ4v) is 3.11. The summed E-state index contributed by atoms with van der Waals surface area (Å²) in [6, 6.07) is 4.33. The number of rotatable bonds is 2. The topological polar surface area (TPSA) is 46.2 Å². The van der Waals surface area contributed by atoms with Gasteiger partial charge in [0.05, 0.1) is 0 Å². The largest absolute Gasteiger partial charge is 0.508 e. The van der Waals surface area contributed by atoms with Gasteiger partial charge in [0.15, 0.2) is 0 Å². The van der Waals surface area contributed by atoms with Crippen LogP contribution in [0.3, 0.4) is 0 Å². The van der Waals surface area contributed by atoms with Crippen LogP contribution in [-0.2, 0) is 18.3 Å². The van der Waals surface area contributed by atoms with Gasteiger partial charge in [0.2, 0.25) is 0 Å². The molecule has 1 fully saturated rings. The third-order valence-corrected chi connectivity index (χ3v) is 4.41. The molecule has 0 aromatic heterocycles. The van der Waals surface area contributed by atoms with E-state index in [9.17, 15) is 5.11 Å². The van der Waals surface area contributed by atoms with Crippen molar-refractivity contribution in [3.8, 4) is 5.75 Å². The summed E-state index contributed by atoms with van der Waals surface area (Å²) in [7, 11) is 0. The van der Waals surface area contributed by atoms with Gasteiger partial charge < -0.3 is 10.8 Å². The van der Waals surface area contributed by atoms with Crippen LogP contribution < -0.4 is 5.73 Å². The van der Waals surface area contributed by atoms with E-state index in [-0.39, 0.29) is 11.5 Å². The molecule has 2 aliphatic carbocycles. The summed E-state index contributed by atoms with van der Waals surface area (Å²) in [4.78, 5) is 0. The van der Waals surface area contributed by atoms with E-state index in [1.807, 2.05) is 6.07 Å². The van der Waals surface area contributed by atoms with Crippen molar-refractivity contribution in [1.29, 1.82) is 0 Å². The molecular weight excluding hydrogens is 198 g/mol. The molecule has 1 unspecified atom stereocenters. The number of fused-ring (bicyclic) bond motifs is 1. The predicted octanol–water partition coefficient (Wildman–Crippen LogP) is 2.26. The van der Waals surface area contributed by atoms with Crippen molar-refractivity contribution in [3.05, 3.63) is 28.8 Å². The molecule has 0 saturated heterocycles. The summed E-state index contributed by atoms with van der Waals surface area (Å²) in [6.45, 7) is 2.06. The zero-order chi connectivity index (χ0) is 11.3. The lowest BCUT2D eigenvalue weighted by Gasteiger charge is -2.22. The summed E-state index contributed by atoms with van der Waals surface area (Å²) in [6.07, 6.45) is 5.75. The first-order valence-electron chi connectivity index (χ1n) is 6.24. The van der Waals surface area contributed by atoms with E-state index in [4.69, 9.17) is 5.73 Å². The molecule has 0 heterocycles. The summed E-state index contributed by atoms with van der Waals surface area (Å²) in [5.74, 6) is 0.468. The number of nitrogens with two attached hydrogens (primary N) is 1. The molecule has 0 bridgehead atoms. The molecule has 86 valence electrons. The van der Waals surface area contributed by atoms with Gasteiger partial charge in [-0.15, -0.1) is 0 Å². The molecule has 1 aromatic carbocycles. The standard InChI is InChI=1S/C14H19NO/c1-9(15)14(5-6-14)12-7-10-3-2-4-11(10)8-13(12)16/h7-9,16H,2-6,15H2,1H3. The lowest BCUT2D eigenvalue weighted by Crippen LogP contribution is -2.31. The van der Waals surface area contributed by atoms with Crippen LogP contribution in [0.4, 0.5) is 0 Å². The lowest BCUT2D eigenvalue weighted by atomic mass is 9.87. The molecule has 1 atom stereocenters. The molecule has 1 aromatic rings. The van der Waals surface area contributed by atoms with E-state index >= 15 is 0 Å². The van der Waals surface area contributed by atoms with Crippen LogP contribution in [0.2, 0.25) is 0 Å². The maximum Gasteiger partial charge on any atom is 0.119 e. The highest BCUT2D eigenvalue weighted by Crippen LogP contribution is 2.53. The summed E-state index contributed by atoms with van der Waals surface area (Å²) < 4.78 is 0. The van der Waals surface area contributed by atoms with Crippen LogP contribution in [0.25, 0.3) is 0 Å². The zero-order valence-corrected chi connectivity index (χ0v) is 9.79. The van der Waals surface area contributed by atoms with Crippen LogP contribution in [-0.4, -0.2) is 11.1 Å². The molecular formula is C14H19NO. The molecule has 0 spiro atoms. The van der Waals surface area contributed by atoms with Crippen LogP contribution in [0.15, 0.2) is 12.1 Å². The highest BCUT2D eigenvalue weighted by Gasteiger charge is 2.49. The Morgan fingerprint density at radius 3 is 2.44 bits per heavy atom. The van der Waals surface area contributed by atoms with E-state index in [1.165, 1.54) is 17.5 Å². The van der Waals surface area contributed by atoms with Crippen molar-refractivity contribution in [2.75, 3.05) is 0 Å². The highest BCUT2D eigenvalue weighted by atomic mass is 16.3. The minimum Gasteiger partial charge on any atom is -0.508 e. The minimum atomic E-state index is 0.0711. The molecule has 16 heavy (non-hydrogen) atoms. The van der Waals surface area contributed by atoms with Gasteiger partial charge in [-0.05, 0) is 56.2 Å². The van der Waals surface area contributed by atoms with Gasteiger partial charge in [0, 0.05) is 17.0 Å². The molecule has 3 N–H and O–H groups in total. The average Bonchev–Trinajstić information content (AvgIpc) is 2.92. The normalized spacial score (nSPS) is 22.9. The van der Waals surface area contributed by atoms with Crippen LogP contribution in [0.1, 0.15) is 42.9 Å². The van der Waals surface area contributed by atoms with E-state index < -0.39 is 0 Å². The quantitative estimate of drug-likeness (QED) is 0.798. The van der Waals surface area contributed by atoms with Gasteiger partial charge in [-0.3, -0.25) is 0 Å². The maximum atomic E-state index is 10.1. The number of phenolic OH excluding ortho intramolecular Hbond substituents is 1. The smallest absolute Gasteiger partial charge is 0.119 e. The first kappa shape index (κ1) is 10.2. The van der Waals surface area contributed by atoms with Crippen molar-refractivity contribution >= 4 is 0 Å². The Labute approximate surface area is 96.5 Å². The number of benzene rings is 1. The fourth-order valence-electron chi connectivity index (χ4n) is 3.11. The summed E-state index contributed by atoms with van der Waals surface area (Å²) in [5, 5.41) is 10.1. The van der Waals surface area contributed by atoms with Gasteiger partial charge in [-0.2, -0.15) is 0 Å². The second kappa shape index (κ2) is 3.24. The molecule has 3 rings (SSSR count). The van der Waals surface area contributed by atoms with Crippen molar-refractivity contribution in [2.24, 2.45) is 5.73 Å². The molecule has 0 radical (unpaired) electrons. The second-order valence-electron chi connectivity index (χ2n) is 5.44. The Hall–Kier alpha value is -1.02. The molecule has 1 saturated carbocycles. The van der Waals surface area contributed by atoms with E-state index in [0.29, 0.717) is 5.75 Å². The zero-order valence-electron chi connectivity index (χ0n) is 9.79. The minimum absolute atomic E-state index is 0.0711. The first-order chi connectivity index (χ1) is 7.63. The van der Waals surface area contributed by atoms with Crippen molar-refractivity contribution < 1.29 is 5.11 Å². The third kappa shape index (κ3) is 1.29. The highest BCUT2D eigenvalue weighted by molar-refractivity contribution is 5.50. The number of hydrogen-bond donors (Lipinski definition) is 2. The summed E-state index contributed by atoms with van der Waals surface area (Å²) >= 11 is 0. The molecule has 2 aliphatic rings. The third-order valence-electron chi connectivity index (χ3n) is 4.41. The SMILES string of the molecule is CC(N)C1(c2cc3c(cc2O)CCC3)CC1. The average molecular weight is 217 g/mol. The maximum absolute atomic E-state index is 10.1. The van der Waals surface area contributed by atoms with E-state index in [2.05, 4.69) is 13.0 Å². The first-order valence-corrected chi connectivity index (χ1v) is 6.24. The van der Waals surface area contributed by atoms with Crippen molar-refractivity contribution in [1.82, 2.24) is 0 Å². The van der Waals surface area contributed by atoms with Gasteiger partial charge in [0.25, 0.3) is 0 Å². The number of aryl methyl sites for hydroxylation is 2. The van der Waals surface area contributed by atoms with Crippen molar-refractivity contribution in [2.45, 2.75) is 50.5 Å². The second-order valence-corrected chi connectivity index (χ2v) is 5.44.